The largest absolute Gasteiger partial charge is 0.341 e. The second-order valence-corrected chi connectivity index (χ2v) is 5.02. The molecule has 116 valence electrons. The van der Waals surface area contributed by atoms with Gasteiger partial charge in [-0.25, -0.2) is 9.97 Å². The van der Waals surface area contributed by atoms with Crippen molar-refractivity contribution in [2.24, 2.45) is 0 Å². The van der Waals surface area contributed by atoms with Gasteiger partial charge in [0.25, 0.3) is 5.91 Å². The summed E-state index contributed by atoms with van der Waals surface area (Å²) in [7, 11) is 0. The van der Waals surface area contributed by atoms with Crippen LogP contribution in [0.25, 0.3) is 11.4 Å². The molecule has 0 aliphatic heterocycles. The molecule has 3 aromatic rings. The van der Waals surface area contributed by atoms with E-state index < -0.39 is 0 Å². The highest BCUT2D eigenvalue weighted by atomic mass is 16.1. The van der Waals surface area contributed by atoms with E-state index in [0.717, 1.165) is 11.3 Å². The zero-order chi connectivity index (χ0) is 16.2. The third kappa shape index (κ3) is 3.37. The first kappa shape index (κ1) is 14.8. The minimum Gasteiger partial charge on any atom is -0.341 e. The van der Waals surface area contributed by atoms with Crippen molar-refractivity contribution in [3.05, 3.63) is 54.1 Å². The number of aryl methyl sites for hydroxylation is 1. The van der Waals surface area contributed by atoms with Gasteiger partial charge in [-0.2, -0.15) is 5.10 Å². The van der Waals surface area contributed by atoms with Crippen molar-refractivity contribution in [3.8, 4) is 11.4 Å². The van der Waals surface area contributed by atoms with Crippen molar-refractivity contribution >= 4 is 5.91 Å². The molecule has 3 heterocycles. The average Bonchev–Trinajstić information content (AvgIpc) is 3.06. The number of carbonyl (C=O) groups excluding carboxylic acids is 1. The van der Waals surface area contributed by atoms with Gasteiger partial charge >= 0.3 is 0 Å². The summed E-state index contributed by atoms with van der Waals surface area (Å²) in [6.07, 6.45) is 6.34. The molecule has 8 heteroatoms. The molecule has 0 unspecified atom stereocenters. The number of aromatic nitrogens is 6. The van der Waals surface area contributed by atoms with Gasteiger partial charge in [0, 0.05) is 24.2 Å². The van der Waals surface area contributed by atoms with Crippen molar-refractivity contribution in [2.45, 2.75) is 19.9 Å². The Kier molecular flexibility index (Phi) is 4.05. The molecule has 0 saturated heterocycles. The molecule has 0 radical (unpaired) electrons. The topological polar surface area (TPSA) is 109 Å². The summed E-state index contributed by atoms with van der Waals surface area (Å²) in [5.41, 5.74) is 1.87. The standard InChI is InChI=1S/C15H15N7O/c1-9-7-18-12(8-17-9)15(23)19-10(2)13-20-14(22-21-13)11-3-5-16-6-4-11/h3-8,10H,1-2H3,(H,19,23)(H,20,21,22)/t10-/m1/s1. The molecule has 0 aromatic carbocycles. The minimum atomic E-state index is -0.339. The maximum Gasteiger partial charge on any atom is 0.272 e. The lowest BCUT2D eigenvalue weighted by molar-refractivity contribution is 0.0933. The Morgan fingerprint density at radius 1 is 1.22 bits per heavy atom. The van der Waals surface area contributed by atoms with Crippen LogP contribution < -0.4 is 5.32 Å². The van der Waals surface area contributed by atoms with E-state index in [-0.39, 0.29) is 17.6 Å². The second-order valence-electron chi connectivity index (χ2n) is 5.02. The highest BCUT2D eigenvalue weighted by Crippen LogP contribution is 2.15. The quantitative estimate of drug-likeness (QED) is 0.755. The fourth-order valence-corrected chi connectivity index (χ4v) is 1.95. The highest BCUT2D eigenvalue weighted by molar-refractivity contribution is 5.92. The molecule has 2 N–H and O–H groups in total. The maximum absolute atomic E-state index is 12.1. The van der Waals surface area contributed by atoms with Crippen LogP contribution in [-0.4, -0.2) is 36.0 Å². The molecule has 0 spiro atoms. The summed E-state index contributed by atoms with van der Waals surface area (Å²) in [5.74, 6) is 0.802. The van der Waals surface area contributed by atoms with Gasteiger partial charge in [-0.3, -0.25) is 19.9 Å². The van der Waals surface area contributed by atoms with Crippen molar-refractivity contribution in [1.82, 2.24) is 35.5 Å². The highest BCUT2D eigenvalue weighted by Gasteiger charge is 2.16. The summed E-state index contributed by atoms with van der Waals surface area (Å²) >= 11 is 0. The Morgan fingerprint density at radius 2 is 2.00 bits per heavy atom. The number of aromatic amines is 1. The fourth-order valence-electron chi connectivity index (χ4n) is 1.95. The van der Waals surface area contributed by atoms with Crippen molar-refractivity contribution in [3.63, 3.8) is 0 Å². The lowest BCUT2D eigenvalue weighted by atomic mass is 10.2. The van der Waals surface area contributed by atoms with Crippen molar-refractivity contribution in [2.75, 3.05) is 0 Å². The second kappa shape index (κ2) is 6.30. The van der Waals surface area contributed by atoms with Crippen LogP contribution in [0, 0.1) is 6.92 Å². The maximum atomic E-state index is 12.1. The average molecular weight is 309 g/mol. The van der Waals surface area contributed by atoms with Crippen LogP contribution in [0.2, 0.25) is 0 Å². The van der Waals surface area contributed by atoms with Gasteiger partial charge in [-0.15, -0.1) is 0 Å². The third-order valence-electron chi connectivity index (χ3n) is 3.21. The Balaban J connectivity index is 1.71. The summed E-state index contributed by atoms with van der Waals surface area (Å²) in [5, 5.41) is 9.80. The summed E-state index contributed by atoms with van der Waals surface area (Å²) in [6, 6.07) is 3.30. The molecule has 0 fully saturated rings. The van der Waals surface area contributed by atoms with Crippen LogP contribution in [0.3, 0.4) is 0 Å². The van der Waals surface area contributed by atoms with Gasteiger partial charge in [0.1, 0.15) is 11.5 Å². The number of nitrogens with one attached hydrogen (secondary N) is 2. The van der Waals surface area contributed by atoms with E-state index in [2.05, 4.69) is 35.5 Å². The smallest absolute Gasteiger partial charge is 0.272 e. The molecule has 23 heavy (non-hydrogen) atoms. The predicted molar refractivity (Wildman–Crippen MR) is 82.3 cm³/mol. The Morgan fingerprint density at radius 3 is 2.70 bits per heavy atom. The predicted octanol–water partition coefficient (Wildman–Crippen LogP) is 1.46. The number of rotatable bonds is 4. The molecule has 0 saturated carbocycles. The molecule has 0 aliphatic rings. The van der Waals surface area contributed by atoms with E-state index in [1.54, 1.807) is 18.6 Å². The normalized spacial score (nSPS) is 11.9. The molecular formula is C15H15N7O. The van der Waals surface area contributed by atoms with E-state index >= 15 is 0 Å². The number of H-pyrrole nitrogens is 1. The first-order valence-corrected chi connectivity index (χ1v) is 7.05. The third-order valence-corrected chi connectivity index (χ3v) is 3.21. The fraction of sp³-hybridized carbons (Fsp3) is 0.200. The van der Waals surface area contributed by atoms with Crippen LogP contribution in [0.4, 0.5) is 0 Å². The molecule has 3 rings (SSSR count). The first-order valence-electron chi connectivity index (χ1n) is 7.05. The van der Waals surface area contributed by atoms with Crippen molar-refractivity contribution in [1.29, 1.82) is 0 Å². The van der Waals surface area contributed by atoms with Gasteiger partial charge in [-0.05, 0) is 26.0 Å². The number of hydrogen-bond donors (Lipinski definition) is 2. The van der Waals surface area contributed by atoms with E-state index in [1.807, 2.05) is 26.0 Å². The number of nitrogens with zero attached hydrogens (tertiary/aromatic N) is 5. The lowest BCUT2D eigenvalue weighted by Crippen LogP contribution is -2.28. The molecule has 0 aliphatic carbocycles. The van der Waals surface area contributed by atoms with E-state index in [9.17, 15) is 4.79 Å². The molecule has 1 atom stereocenters. The van der Waals surface area contributed by atoms with Gasteiger partial charge in [0.05, 0.1) is 17.9 Å². The lowest BCUT2D eigenvalue weighted by Gasteiger charge is -2.10. The monoisotopic (exact) mass is 309 g/mol. The van der Waals surface area contributed by atoms with Gasteiger partial charge < -0.3 is 5.32 Å². The van der Waals surface area contributed by atoms with Crippen LogP contribution in [0.5, 0.6) is 0 Å². The zero-order valence-electron chi connectivity index (χ0n) is 12.7. The number of hydrogen-bond acceptors (Lipinski definition) is 6. The van der Waals surface area contributed by atoms with Crippen LogP contribution in [0.15, 0.2) is 36.9 Å². The first-order chi connectivity index (χ1) is 11.1. The Hall–Kier alpha value is -3.16. The SMILES string of the molecule is Cc1cnc(C(=O)N[C@H](C)c2nc(-c3ccncc3)n[nH]2)cn1. The van der Waals surface area contributed by atoms with E-state index in [1.165, 1.54) is 6.20 Å². The van der Waals surface area contributed by atoms with Gasteiger partial charge in [0.15, 0.2) is 5.82 Å². The number of carbonyl (C=O) groups is 1. The molecule has 3 aromatic heterocycles. The molecular weight excluding hydrogens is 294 g/mol. The van der Waals surface area contributed by atoms with E-state index in [4.69, 9.17) is 0 Å². The number of pyridine rings is 1. The van der Waals surface area contributed by atoms with Crippen LogP contribution >= 0.6 is 0 Å². The van der Waals surface area contributed by atoms with Crippen LogP contribution in [0.1, 0.15) is 35.0 Å². The molecule has 8 nitrogen and oxygen atoms in total. The molecule has 1 amide bonds. The zero-order valence-corrected chi connectivity index (χ0v) is 12.7. The summed E-state index contributed by atoms with van der Waals surface area (Å²) in [4.78, 5) is 28.6. The summed E-state index contributed by atoms with van der Waals surface area (Å²) in [6.45, 7) is 3.63. The Labute approximate surface area is 132 Å². The van der Waals surface area contributed by atoms with E-state index in [0.29, 0.717) is 11.6 Å². The summed E-state index contributed by atoms with van der Waals surface area (Å²) < 4.78 is 0. The van der Waals surface area contributed by atoms with Gasteiger partial charge in [0.2, 0.25) is 0 Å². The number of amides is 1. The Bertz CT molecular complexity index is 798. The van der Waals surface area contributed by atoms with Gasteiger partial charge in [-0.1, -0.05) is 0 Å². The van der Waals surface area contributed by atoms with Crippen molar-refractivity contribution < 1.29 is 4.79 Å². The van der Waals surface area contributed by atoms with Crippen LogP contribution in [-0.2, 0) is 0 Å². The minimum absolute atomic E-state index is 0.260. The molecule has 0 bridgehead atoms.